The molecule has 1 N–H and O–H groups in total. The van der Waals surface area contributed by atoms with Gasteiger partial charge in [-0.1, -0.05) is 25.1 Å². The summed E-state index contributed by atoms with van der Waals surface area (Å²) < 4.78 is 13.2. The third-order valence-corrected chi connectivity index (χ3v) is 2.61. The molecule has 0 saturated carbocycles. The van der Waals surface area contributed by atoms with Crippen LogP contribution in [-0.4, -0.2) is 17.0 Å². The van der Waals surface area contributed by atoms with Gasteiger partial charge in [0, 0.05) is 12.3 Å². The molecule has 82 valence electrons. The minimum Gasteiger partial charge on any atom is -0.392 e. The zero-order valence-corrected chi connectivity index (χ0v) is 8.90. The summed E-state index contributed by atoms with van der Waals surface area (Å²) in [6.45, 7) is 3.07. The summed E-state index contributed by atoms with van der Waals surface area (Å²) in [6.07, 6.45) is -0.646. The van der Waals surface area contributed by atoms with Crippen molar-refractivity contribution in [1.82, 2.24) is 0 Å². The Hall–Kier alpha value is -1.22. The number of benzene rings is 1. The van der Waals surface area contributed by atoms with E-state index < -0.39 is 12.0 Å². The summed E-state index contributed by atoms with van der Waals surface area (Å²) >= 11 is 0. The second-order valence-corrected chi connectivity index (χ2v) is 3.76. The Morgan fingerprint density at radius 1 is 1.47 bits per heavy atom. The molecule has 2 atom stereocenters. The Morgan fingerprint density at radius 2 is 2.07 bits per heavy atom. The number of carbonyl (C=O) groups is 1. The monoisotopic (exact) mass is 210 g/mol. The van der Waals surface area contributed by atoms with Crippen LogP contribution in [0.5, 0.6) is 0 Å². The predicted octanol–water partition coefficient (Wildman–Crippen LogP) is 1.95. The number of Topliss-reactive ketones (excluding diaryl/α,β-unsaturated/α-hetero) is 1. The molecule has 3 heteroatoms. The number of ketones is 1. The highest BCUT2D eigenvalue weighted by atomic mass is 19.1. The van der Waals surface area contributed by atoms with Crippen molar-refractivity contribution in [3.05, 3.63) is 35.6 Å². The van der Waals surface area contributed by atoms with Gasteiger partial charge in [0.05, 0.1) is 6.10 Å². The van der Waals surface area contributed by atoms with Crippen molar-refractivity contribution in [2.75, 3.05) is 0 Å². The average Bonchev–Trinajstić information content (AvgIpc) is 2.20. The topological polar surface area (TPSA) is 37.3 Å². The Balaban J connectivity index is 2.70. The average molecular weight is 210 g/mol. The molecule has 0 fully saturated rings. The molecular formula is C12H15FO2. The maximum absolute atomic E-state index is 13.2. The molecule has 2 unspecified atom stereocenters. The van der Waals surface area contributed by atoms with Crippen molar-refractivity contribution < 1.29 is 14.3 Å². The Morgan fingerprint density at radius 3 is 2.60 bits per heavy atom. The van der Waals surface area contributed by atoms with Gasteiger partial charge in [0.1, 0.15) is 11.6 Å². The molecule has 0 bridgehead atoms. The Bertz CT molecular complexity index is 349. The fourth-order valence-electron chi connectivity index (χ4n) is 1.34. The highest BCUT2D eigenvalue weighted by Gasteiger charge is 2.19. The van der Waals surface area contributed by atoms with Crippen LogP contribution in [0.2, 0.25) is 0 Å². The number of hydrogen-bond acceptors (Lipinski definition) is 2. The lowest BCUT2D eigenvalue weighted by atomic mass is 9.95. The molecule has 15 heavy (non-hydrogen) atoms. The third-order valence-electron chi connectivity index (χ3n) is 2.61. The quantitative estimate of drug-likeness (QED) is 0.824. The molecule has 0 aliphatic carbocycles. The van der Waals surface area contributed by atoms with Crippen molar-refractivity contribution in [3.8, 4) is 0 Å². The van der Waals surface area contributed by atoms with E-state index >= 15 is 0 Å². The van der Waals surface area contributed by atoms with Crippen molar-refractivity contribution in [2.45, 2.75) is 26.4 Å². The van der Waals surface area contributed by atoms with E-state index in [9.17, 15) is 14.3 Å². The largest absolute Gasteiger partial charge is 0.392 e. The van der Waals surface area contributed by atoms with Crippen LogP contribution in [0.4, 0.5) is 4.39 Å². The second-order valence-electron chi connectivity index (χ2n) is 3.76. The summed E-state index contributed by atoms with van der Waals surface area (Å²) in [5.41, 5.74) is 0.443. The van der Waals surface area contributed by atoms with E-state index in [1.165, 1.54) is 13.0 Å². The lowest BCUT2D eigenvalue weighted by Gasteiger charge is -2.16. The first kappa shape index (κ1) is 11.9. The van der Waals surface area contributed by atoms with E-state index in [0.717, 1.165) is 0 Å². The third kappa shape index (κ3) is 3.13. The van der Waals surface area contributed by atoms with Gasteiger partial charge in [-0.15, -0.1) is 0 Å². The van der Waals surface area contributed by atoms with Crippen LogP contribution in [0, 0.1) is 11.7 Å². The summed E-state index contributed by atoms with van der Waals surface area (Å²) in [7, 11) is 0. The van der Waals surface area contributed by atoms with Crippen LogP contribution in [0.15, 0.2) is 24.3 Å². The number of aliphatic hydroxyl groups is 1. The second kappa shape index (κ2) is 5.03. The first-order chi connectivity index (χ1) is 7.02. The Kier molecular flexibility index (Phi) is 3.97. The molecule has 2 nitrogen and oxygen atoms in total. The van der Waals surface area contributed by atoms with Crippen LogP contribution in [0.3, 0.4) is 0 Å². The Labute approximate surface area is 88.7 Å². The number of carbonyl (C=O) groups excluding carboxylic acids is 1. The van der Waals surface area contributed by atoms with Crippen molar-refractivity contribution in [1.29, 1.82) is 0 Å². The molecule has 0 radical (unpaired) electrons. The number of halogens is 1. The van der Waals surface area contributed by atoms with Crippen LogP contribution in [-0.2, 0) is 11.2 Å². The normalized spacial score (nSPS) is 14.7. The van der Waals surface area contributed by atoms with E-state index in [1.54, 1.807) is 25.1 Å². The van der Waals surface area contributed by atoms with Gasteiger partial charge in [-0.3, -0.25) is 4.79 Å². The number of rotatable bonds is 4. The standard InChI is InChI=1S/C12H15FO2/c1-8(9(2)14)12(15)7-10-5-3-4-6-11(10)13/h3-6,8,12,15H,7H2,1-2H3. The molecule has 0 aromatic heterocycles. The molecule has 1 aromatic rings. The highest BCUT2D eigenvalue weighted by Crippen LogP contribution is 2.14. The molecule has 0 saturated heterocycles. The molecule has 0 aliphatic rings. The van der Waals surface area contributed by atoms with E-state index in [0.29, 0.717) is 5.56 Å². The van der Waals surface area contributed by atoms with Gasteiger partial charge < -0.3 is 5.11 Å². The van der Waals surface area contributed by atoms with Gasteiger partial charge in [-0.05, 0) is 18.6 Å². The van der Waals surface area contributed by atoms with Crippen molar-refractivity contribution >= 4 is 5.78 Å². The van der Waals surface area contributed by atoms with Gasteiger partial charge >= 0.3 is 0 Å². The van der Waals surface area contributed by atoms with Crippen LogP contribution < -0.4 is 0 Å². The fourth-order valence-corrected chi connectivity index (χ4v) is 1.34. The summed E-state index contributed by atoms with van der Waals surface area (Å²) in [5, 5.41) is 9.68. The first-order valence-corrected chi connectivity index (χ1v) is 4.94. The van der Waals surface area contributed by atoms with Crippen LogP contribution >= 0.6 is 0 Å². The summed E-state index contributed by atoms with van der Waals surface area (Å²) in [6, 6.07) is 6.27. The number of aliphatic hydroxyl groups excluding tert-OH is 1. The molecule has 0 spiro atoms. The SMILES string of the molecule is CC(=O)C(C)C(O)Cc1ccccc1F. The van der Waals surface area contributed by atoms with Crippen LogP contribution in [0.1, 0.15) is 19.4 Å². The van der Waals surface area contributed by atoms with E-state index in [4.69, 9.17) is 0 Å². The number of hydrogen-bond donors (Lipinski definition) is 1. The fraction of sp³-hybridized carbons (Fsp3) is 0.417. The van der Waals surface area contributed by atoms with Crippen molar-refractivity contribution in [2.24, 2.45) is 5.92 Å². The zero-order valence-electron chi connectivity index (χ0n) is 8.90. The molecule has 0 heterocycles. The van der Waals surface area contributed by atoms with Gasteiger partial charge in [0.2, 0.25) is 0 Å². The molecule has 0 amide bonds. The smallest absolute Gasteiger partial charge is 0.135 e. The van der Waals surface area contributed by atoms with Crippen LogP contribution in [0.25, 0.3) is 0 Å². The van der Waals surface area contributed by atoms with E-state index in [-0.39, 0.29) is 18.0 Å². The van der Waals surface area contributed by atoms with Gasteiger partial charge in [0.25, 0.3) is 0 Å². The maximum atomic E-state index is 13.2. The summed E-state index contributed by atoms with van der Waals surface area (Å²) in [5.74, 6) is -0.879. The van der Waals surface area contributed by atoms with Gasteiger partial charge in [-0.2, -0.15) is 0 Å². The molecule has 1 aromatic carbocycles. The first-order valence-electron chi connectivity index (χ1n) is 4.94. The minimum absolute atomic E-state index is 0.0844. The molecule has 0 aliphatic heterocycles. The lowest BCUT2D eigenvalue weighted by molar-refractivity contribution is -0.123. The van der Waals surface area contributed by atoms with E-state index in [1.807, 2.05) is 0 Å². The van der Waals surface area contributed by atoms with Gasteiger partial charge in [-0.25, -0.2) is 4.39 Å². The van der Waals surface area contributed by atoms with Gasteiger partial charge in [0.15, 0.2) is 0 Å². The zero-order chi connectivity index (χ0) is 11.4. The van der Waals surface area contributed by atoms with E-state index in [2.05, 4.69) is 0 Å². The highest BCUT2D eigenvalue weighted by molar-refractivity contribution is 5.78. The lowest BCUT2D eigenvalue weighted by Crippen LogP contribution is -2.26. The maximum Gasteiger partial charge on any atom is 0.135 e. The summed E-state index contributed by atoms with van der Waals surface area (Å²) in [4.78, 5) is 11.0. The predicted molar refractivity (Wildman–Crippen MR) is 56.0 cm³/mol. The van der Waals surface area contributed by atoms with Crippen molar-refractivity contribution in [3.63, 3.8) is 0 Å². The molecular weight excluding hydrogens is 195 g/mol. The molecule has 1 rings (SSSR count). The minimum atomic E-state index is -0.820.